The van der Waals surface area contributed by atoms with E-state index < -0.39 is 0 Å². The van der Waals surface area contributed by atoms with Crippen LogP contribution in [0.25, 0.3) is 0 Å². The van der Waals surface area contributed by atoms with E-state index in [0.717, 1.165) is 37.7 Å². The Morgan fingerprint density at radius 1 is 1.14 bits per heavy atom. The molecule has 29 heavy (non-hydrogen) atoms. The molecule has 1 heterocycles. The van der Waals surface area contributed by atoms with Gasteiger partial charge in [0, 0.05) is 18.7 Å². The molecule has 0 bridgehead atoms. The van der Waals surface area contributed by atoms with Gasteiger partial charge in [-0.2, -0.15) is 0 Å². The minimum atomic E-state index is -0.387. The number of halogens is 1. The van der Waals surface area contributed by atoms with Crippen molar-refractivity contribution >= 4 is 5.96 Å². The van der Waals surface area contributed by atoms with Gasteiger partial charge in [-0.25, -0.2) is 9.38 Å². The van der Waals surface area contributed by atoms with E-state index in [0.29, 0.717) is 18.2 Å². The summed E-state index contributed by atoms with van der Waals surface area (Å²) >= 11 is 0. The number of nitrogens with one attached hydrogen (secondary N) is 2. The molecule has 1 aliphatic rings. The standard InChI is InChI=1S/C23H31FN4O/c1-2-25-23(26-15-18-10-11-21(24)20(14-18)17-29)27-16-22(28-12-6-7-13-28)19-8-4-3-5-9-19/h3-5,8-11,14,22,29H,2,6-7,12-13,15-17H2,1H3,(H2,25,26,27). The third-order valence-electron chi connectivity index (χ3n) is 5.27. The zero-order valence-electron chi connectivity index (χ0n) is 17.1. The zero-order chi connectivity index (χ0) is 20.5. The Morgan fingerprint density at radius 2 is 1.90 bits per heavy atom. The van der Waals surface area contributed by atoms with Crippen LogP contribution in [0.4, 0.5) is 4.39 Å². The van der Waals surface area contributed by atoms with E-state index in [1.165, 1.54) is 24.5 Å². The molecule has 6 heteroatoms. The molecule has 1 saturated heterocycles. The fraction of sp³-hybridized carbons (Fsp3) is 0.435. The average molecular weight is 399 g/mol. The number of hydrogen-bond donors (Lipinski definition) is 3. The molecule has 156 valence electrons. The molecule has 0 amide bonds. The Balaban J connectivity index is 1.68. The highest BCUT2D eigenvalue weighted by molar-refractivity contribution is 5.79. The highest BCUT2D eigenvalue weighted by Gasteiger charge is 2.23. The first kappa shape index (κ1) is 21.3. The van der Waals surface area contributed by atoms with Crippen LogP contribution in [0, 0.1) is 5.82 Å². The molecule has 1 unspecified atom stereocenters. The van der Waals surface area contributed by atoms with Crippen LogP contribution in [0.3, 0.4) is 0 Å². The molecule has 0 saturated carbocycles. The van der Waals surface area contributed by atoms with Crippen molar-refractivity contribution in [2.24, 2.45) is 4.99 Å². The van der Waals surface area contributed by atoms with E-state index in [-0.39, 0.29) is 12.4 Å². The van der Waals surface area contributed by atoms with Crippen molar-refractivity contribution in [3.63, 3.8) is 0 Å². The van der Waals surface area contributed by atoms with E-state index in [1.54, 1.807) is 12.1 Å². The lowest BCUT2D eigenvalue weighted by Crippen LogP contribution is -2.42. The van der Waals surface area contributed by atoms with Crippen molar-refractivity contribution in [1.29, 1.82) is 0 Å². The first-order chi connectivity index (χ1) is 14.2. The summed E-state index contributed by atoms with van der Waals surface area (Å²) in [7, 11) is 0. The summed E-state index contributed by atoms with van der Waals surface area (Å²) in [6.07, 6.45) is 2.49. The maximum Gasteiger partial charge on any atom is 0.191 e. The van der Waals surface area contributed by atoms with Gasteiger partial charge in [0.25, 0.3) is 0 Å². The molecule has 0 radical (unpaired) electrons. The monoisotopic (exact) mass is 398 g/mol. The van der Waals surface area contributed by atoms with E-state index in [2.05, 4.69) is 44.8 Å². The van der Waals surface area contributed by atoms with Crippen LogP contribution in [-0.4, -0.2) is 42.1 Å². The first-order valence-corrected chi connectivity index (χ1v) is 10.4. The quantitative estimate of drug-likeness (QED) is 0.472. The van der Waals surface area contributed by atoms with E-state index in [9.17, 15) is 9.50 Å². The number of nitrogens with zero attached hydrogens (tertiary/aromatic N) is 2. The van der Waals surface area contributed by atoms with Gasteiger partial charge in [0.05, 0.1) is 19.2 Å². The lowest BCUT2D eigenvalue weighted by atomic mass is 10.1. The van der Waals surface area contributed by atoms with Gasteiger partial charge in [0.15, 0.2) is 5.96 Å². The predicted molar refractivity (Wildman–Crippen MR) is 115 cm³/mol. The van der Waals surface area contributed by atoms with E-state index in [1.807, 2.05) is 13.0 Å². The van der Waals surface area contributed by atoms with Crippen molar-refractivity contribution in [2.45, 2.75) is 39.0 Å². The number of hydrogen-bond acceptors (Lipinski definition) is 3. The molecule has 0 spiro atoms. The summed E-state index contributed by atoms with van der Waals surface area (Å²) in [5, 5.41) is 16.0. The van der Waals surface area contributed by atoms with E-state index >= 15 is 0 Å². The Bertz CT molecular complexity index is 791. The Morgan fingerprint density at radius 3 is 2.59 bits per heavy atom. The Kier molecular flexibility index (Phi) is 8.02. The number of aliphatic hydroxyl groups is 1. The second-order valence-electron chi connectivity index (χ2n) is 7.33. The Hall–Kier alpha value is -2.44. The zero-order valence-corrected chi connectivity index (χ0v) is 17.1. The normalized spacial score (nSPS) is 16.0. The fourth-order valence-electron chi connectivity index (χ4n) is 3.74. The van der Waals surface area contributed by atoms with Gasteiger partial charge < -0.3 is 15.7 Å². The molecule has 2 aromatic rings. The number of aliphatic hydroxyl groups excluding tert-OH is 1. The van der Waals surface area contributed by atoms with Crippen molar-refractivity contribution < 1.29 is 9.50 Å². The number of likely N-dealkylation sites (tertiary alicyclic amines) is 1. The third kappa shape index (κ3) is 6.02. The van der Waals surface area contributed by atoms with Crippen LogP contribution in [0.1, 0.15) is 42.5 Å². The van der Waals surface area contributed by atoms with Gasteiger partial charge in [-0.15, -0.1) is 0 Å². The topological polar surface area (TPSA) is 59.9 Å². The molecule has 3 N–H and O–H groups in total. The van der Waals surface area contributed by atoms with Crippen molar-refractivity contribution in [3.05, 3.63) is 71.0 Å². The van der Waals surface area contributed by atoms with Crippen molar-refractivity contribution in [2.75, 3.05) is 26.2 Å². The largest absolute Gasteiger partial charge is 0.392 e. The van der Waals surface area contributed by atoms with Gasteiger partial charge in [-0.05, 0) is 56.1 Å². The second-order valence-corrected chi connectivity index (χ2v) is 7.33. The molecule has 0 aromatic heterocycles. The Labute approximate surface area is 172 Å². The molecular formula is C23H31FN4O. The summed E-state index contributed by atoms with van der Waals surface area (Å²) in [6.45, 7) is 5.91. The molecular weight excluding hydrogens is 367 g/mol. The summed E-state index contributed by atoms with van der Waals surface area (Å²) in [5.74, 6) is 0.351. The number of benzene rings is 2. The number of rotatable bonds is 8. The fourth-order valence-corrected chi connectivity index (χ4v) is 3.74. The third-order valence-corrected chi connectivity index (χ3v) is 5.27. The van der Waals surface area contributed by atoms with Crippen LogP contribution >= 0.6 is 0 Å². The lowest BCUT2D eigenvalue weighted by molar-refractivity contribution is 0.245. The average Bonchev–Trinajstić information content (AvgIpc) is 3.28. The molecule has 3 rings (SSSR count). The summed E-state index contributed by atoms with van der Waals surface area (Å²) in [6, 6.07) is 15.7. The van der Waals surface area contributed by atoms with Gasteiger partial charge in [0.2, 0.25) is 0 Å². The second kappa shape index (κ2) is 10.9. The van der Waals surface area contributed by atoms with Crippen LogP contribution in [0.15, 0.2) is 53.5 Å². The molecule has 0 aliphatic carbocycles. The van der Waals surface area contributed by atoms with Gasteiger partial charge in [0.1, 0.15) is 5.82 Å². The first-order valence-electron chi connectivity index (χ1n) is 10.4. The van der Waals surface area contributed by atoms with Crippen LogP contribution in [0.2, 0.25) is 0 Å². The van der Waals surface area contributed by atoms with Crippen molar-refractivity contribution in [1.82, 2.24) is 15.5 Å². The van der Waals surface area contributed by atoms with Crippen LogP contribution < -0.4 is 10.6 Å². The molecule has 2 aromatic carbocycles. The number of guanidine groups is 1. The highest BCUT2D eigenvalue weighted by atomic mass is 19.1. The minimum Gasteiger partial charge on any atom is -0.392 e. The smallest absolute Gasteiger partial charge is 0.191 e. The maximum atomic E-state index is 13.6. The highest BCUT2D eigenvalue weighted by Crippen LogP contribution is 2.24. The molecule has 1 atom stereocenters. The van der Waals surface area contributed by atoms with Crippen LogP contribution in [-0.2, 0) is 13.2 Å². The van der Waals surface area contributed by atoms with Gasteiger partial charge in [-0.3, -0.25) is 4.90 Å². The molecule has 5 nitrogen and oxygen atoms in total. The summed E-state index contributed by atoms with van der Waals surface area (Å²) < 4.78 is 13.6. The van der Waals surface area contributed by atoms with E-state index in [4.69, 9.17) is 0 Å². The SMILES string of the molecule is CCNC(=NCc1ccc(F)c(CO)c1)NCC(c1ccccc1)N1CCCC1. The summed E-state index contributed by atoms with van der Waals surface area (Å²) in [5.41, 5.74) is 2.48. The lowest BCUT2D eigenvalue weighted by Gasteiger charge is -2.29. The van der Waals surface area contributed by atoms with Crippen LogP contribution in [0.5, 0.6) is 0 Å². The maximum absolute atomic E-state index is 13.6. The van der Waals surface area contributed by atoms with Gasteiger partial charge in [-0.1, -0.05) is 36.4 Å². The number of aliphatic imine (C=N–C) groups is 1. The van der Waals surface area contributed by atoms with Crippen molar-refractivity contribution in [3.8, 4) is 0 Å². The van der Waals surface area contributed by atoms with Gasteiger partial charge >= 0.3 is 0 Å². The minimum absolute atomic E-state index is 0.300. The predicted octanol–water partition coefficient (Wildman–Crippen LogP) is 3.21. The molecule has 1 aliphatic heterocycles. The molecule has 1 fully saturated rings. The summed E-state index contributed by atoms with van der Waals surface area (Å²) in [4.78, 5) is 7.18.